The maximum absolute atomic E-state index is 13.0. The van der Waals surface area contributed by atoms with E-state index in [0.29, 0.717) is 12.5 Å². The maximum atomic E-state index is 13.0. The predicted octanol–water partition coefficient (Wildman–Crippen LogP) is 3.91. The second-order valence-corrected chi connectivity index (χ2v) is 5.47. The SMILES string of the molecule is NC(=S)c1ccc(OCC2CCCC2)c(C(F)(F)F)c1. The quantitative estimate of drug-likeness (QED) is 0.857. The highest BCUT2D eigenvalue weighted by Gasteiger charge is 2.35. The van der Waals surface area contributed by atoms with Gasteiger partial charge in [0.2, 0.25) is 0 Å². The van der Waals surface area contributed by atoms with E-state index in [1.54, 1.807) is 0 Å². The lowest BCUT2D eigenvalue weighted by atomic mass is 10.1. The van der Waals surface area contributed by atoms with Crippen LogP contribution in [0.25, 0.3) is 0 Å². The van der Waals surface area contributed by atoms with Gasteiger partial charge < -0.3 is 10.5 Å². The van der Waals surface area contributed by atoms with Crippen molar-refractivity contribution < 1.29 is 17.9 Å². The molecular weight excluding hydrogens is 287 g/mol. The Balaban J connectivity index is 2.19. The first-order valence-electron chi connectivity index (χ1n) is 6.52. The van der Waals surface area contributed by atoms with Crippen molar-refractivity contribution in [2.75, 3.05) is 6.61 Å². The minimum Gasteiger partial charge on any atom is -0.493 e. The van der Waals surface area contributed by atoms with Gasteiger partial charge in [-0.2, -0.15) is 13.2 Å². The minimum atomic E-state index is -4.48. The molecule has 0 bridgehead atoms. The van der Waals surface area contributed by atoms with Crippen LogP contribution in [-0.4, -0.2) is 11.6 Å². The summed E-state index contributed by atoms with van der Waals surface area (Å²) in [6.45, 7) is 0.329. The van der Waals surface area contributed by atoms with Gasteiger partial charge in [0.05, 0.1) is 12.2 Å². The molecule has 110 valence electrons. The van der Waals surface area contributed by atoms with Crippen molar-refractivity contribution >= 4 is 17.2 Å². The average Bonchev–Trinajstić information content (AvgIpc) is 2.88. The third kappa shape index (κ3) is 3.62. The van der Waals surface area contributed by atoms with E-state index >= 15 is 0 Å². The second-order valence-electron chi connectivity index (χ2n) is 5.03. The molecule has 0 unspecified atom stereocenters. The number of benzene rings is 1. The van der Waals surface area contributed by atoms with Crippen LogP contribution in [0.4, 0.5) is 13.2 Å². The molecule has 0 heterocycles. The van der Waals surface area contributed by atoms with Crippen LogP contribution in [0, 0.1) is 5.92 Å². The van der Waals surface area contributed by atoms with E-state index < -0.39 is 11.7 Å². The van der Waals surface area contributed by atoms with Gasteiger partial charge in [-0.15, -0.1) is 0 Å². The molecule has 0 saturated heterocycles. The van der Waals surface area contributed by atoms with Gasteiger partial charge in [0.25, 0.3) is 0 Å². The molecule has 0 spiro atoms. The number of nitrogens with two attached hydrogens (primary N) is 1. The molecule has 2 nitrogen and oxygen atoms in total. The molecule has 0 aliphatic heterocycles. The van der Waals surface area contributed by atoms with Gasteiger partial charge >= 0.3 is 6.18 Å². The number of alkyl halides is 3. The first-order chi connectivity index (χ1) is 9.38. The van der Waals surface area contributed by atoms with Crippen molar-refractivity contribution in [2.45, 2.75) is 31.9 Å². The standard InChI is InChI=1S/C14H16F3NOS/c15-14(16,17)11-7-10(13(18)20)5-6-12(11)19-8-9-3-1-2-4-9/h5-7,9H,1-4,8H2,(H2,18,20). The summed E-state index contributed by atoms with van der Waals surface area (Å²) >= 11 is 4.71. The average molecular weight is 303 g/mol. The fourth-order valence-electron chi connectivity index (χ4n) is 2.42. The normalized spacial score (nSPS) is 16.4. The number of ether oxygens (including phenoxy) is 1. The summed E-state index contributed by atoms with van der Waals surface area (Å²) in [5.74, 6) is 0.204. The van der Waals surface area contributed by atoms with E-state index in [4.69, 9.17) is 22.7 Å². The summed E-state index contributed by atoms with van der Waals surface area (Å²) in [6, 6.07) is 3.71. The van der Waals surface area contributed by atoms with Crippen LogP contribution in [0.5, 0.6) is 5.75 Å². The Labute approximate surface area is 121 Å². The van der Waals surface area contributed by atoms with E-state index in [9.17, 15) is 13.2 Å². The minimum absolute atomic E-state index is 0.0576. The fourth-order valence-corrected chi connectivity index (χ4v) is 2.54. The molecule has 1 aromatic carbocycles. The van der Waals surface area contributed by atoms with Crippen LogP contribution in [0.2, 0.25) is 0 Å². The smallest absolute Gasteiger partial charge is 0.419 e. The number of halogens is 3. The van der Waals surface area contributed by atoms with Crippen molar-refractivity contribution in [1.82, 2.24) is 0 Å². The molecule has 0 aromatic heterocycles. The Morgan fingerprint density at radius 3 is 2.50 bits per heavy atom. The molecule has 2 rings (SSSR count). The first kappa shape index (κ1) is 15.1. The summed E-state index contributed by atoms with van der Waals surface area (Å²) in [6.07, 6.45) is -0.189. The van der Waals surface area contributed by atoms with Crippen molar-refractivity contribution in [3.8, 4) is 5.75 Å². The van der Waals surface area contributed by atoms with Crippen molar-refractivity contribution in [1.29, 1.82) is 0 Å². The third-order valence-electron chi connectivity index (χ3n) is 3.52. The van der Waals surface area contributed by atoms with Crippen molar-refractivity contribution in [2.24, 2.45) is 11.7 Å². The van der Waals surface area contributed by atoms with E-state index in [-0.39, 0.29) is 16.3 Å². The molecule has 0 amide bonds. The van der Waals surface area contributed by atoms with E-state index in [2.05, 4.69) is 0 Å². The Hall–Kier alpha value is -1.30. The topological polar surface area (TPSA) is 35.2 Å². The highest BCUT2D eigenvalue weighted by molar-refractivity contribution is 7.80. The van der Waals surface area contributed by atoms with Gasteiger partial charge in [0, 0.05) is 5.56 Å². The largest absolute Gasteiger partial charge is 0.493 e. The van der Waals surface area contributed by atoms with E-state index in [1.807, 2.05) is 0 Å². The number of hydrogen-bond acceptors (Lipinski definition) is 2. The molecule has 1 aromatic rings. The lowest BCUT2D eigenvalue weighted by molar-refractivity contribution is -0.139. The highest BCUT2D eigenvalue weighted by atomic mass is 32.1. The van der Waals surface area contributed by atoms with Gasteiger partial charge in [-0.05, 0) is 37.0 Å². The molecule has 1 aliphatic rings. The summed E-state index contributed by atoms with van der Waals surface area (Å²) in [7, 11) is 0. The van der Waals surface area contributed by atoms with Gasteiger partial charge in [0.15, 0.2) is 0 Å². The fraction of sp³-hybridized carbons (Fsp3) is 0.500. The second kappa shape index (κ2) is 5.99. The number of rotatable bonds is 4. The molecule has 0 atom stereocenters. The van der Waals surface area contributed by atoms with Crippen LogP contribution in [0.1, 0.15) is 36.8 Å². The Kier molecular flexibility index (Phi) is 4.52. The van der Waals surface area contributed by atoms with Gasteiger partial charge in [-0.25, -0.2) is 0 Å². The zero-order chi connectivity index (χ0) is 14.8. The van der Waals surface area contributed by atoms with Crippen LogP contribution in [0.15, 0.2) is 18.2 Å². The Morgan fingerprint density at radius 1 is 1.30 bits per heavy atom. The Bertz CT molecular complexity index is 496. The third-order valence-corrected chi connectivity index (χ3v) is 3.75. The van der Waals surface area contributed by atoms with Gasteiger partial charge in [0.1, 0.15) is 10.7 Å². The molecular formula is C14H16F3NOS. The monoisotopic (exact) mass is 303 g/mol. The summed E-state index contributed by atoms with van der Waals surface area (Å²) in [5, 5.41) is 0. The molecule has 1 saturated carbocycles. The van der Waals surface area contributed by atoms with Crippen LogP contribution >= 0.6 is 12.2 Å². The van der Waals surface area contributed by atoms with Gasteiger partial charge in [-0.3, -0.25) is 0 Å². The number of thiocarbonyl (C=S) groups is 1. The molecule has 20 heavy (non-hydrogen) atoms. The van der Waals surface area contributed by atoms with E-state index in [1.165, 1.54) is 12.1 Å². The van der Waals surface area contributed by atoms with Crippen LogP contribution < -0.4 is 10.5 Å². The van der Waals surface area contributed by atoms with Crippen LogP contribution in [0.3, 0.4) is 0 Å². The van der Waals surface area contributed by atoms with E-state index in [0.717, 1.165) is 31.7 Å². The maximum Gasteiger partial charge on any atom is 0.419 e. The van der Waals surface area contributed by atoms with Crippen molar-refractivity contribution in [3.63, 3.8) is 0 Å². The molecule has 1 aliphatic carbocycles. The summed E-state index contributed by atoms with van der Waals surface area (Å²) < 4.78 is 44.5. The van der Waals surface area contributed by atoms with Crippen LogP contribution in [-0.2, 0) is 6.18 Å². The highest BCUT2D eigenvalue weighted by Crippen LogP contribution is 2.37. The zero-order valence-electron chi connectivity index (χ0n) is 10.9. The number of hydrogen-bond donors (Lipinski definition) is 1. The molecule has 1 fully saturated rings. The lowest BCUT2D eigenvalue weighted by Crippen LogP contribution is -2.16. The lowest BCUT2D eigenvalue weighted by Gasteiger charge is -2.17. The molecule has 6 heteroatoms. The van der Waals surface area contributed by atoms with Crippen molar-refractivity contribution in [3.05, 3.63) is 29.3 Å². The Morgan fingerprint density at radius 2 is 1.95 bits per heavy atom. The summed E-state index contributed by atoms with van der Waals surface area (Å²) in [4.78, 5) is -0.0576. The zero-order valence-corrected chi connectivity index (χ0v) is 11.7. The predicted molar refractivity (Wildman–Crippen MR) is 74.8 cm³/mol. The molecule has 2 N–H and O–H groups in total. The van der Waals surface area contributed by atoms with Gasteiger partial charge in [-0.1, -0.05) is 25.1 Å². The summed E-state index contributed by atoms with van der Waals surface area (Å²) in [5.41, 5.74) is 4.75. The first-order valence-corrected chi connectivity index (χ1v) is 6.92. The molecule has 0 radical (unpaired) electrons.